The first-order valence-corrected chi connectivity index (χ1v) is 5.25. The highest BCUT2D eigenvalue weighted by atomic mass is 15.3. The third-order valence-electron chi connectivity index (χ3n) is 3.12. The molecule has 2 aliphatic heterocycles. The molecule has 1 N–H and O–H groups in total. The van der Waals surface area contributed by atoms with E-state index < -0.39 is 0 Å². The van der Waals surface area contributed by atoms with Gasteiger partial charge in [-0.1, -0.05) is 0 Å². The summed E-state index contributed by atoms with van der Waals surface area (Å²) < 4.78 is 0. The fourth-order valence-electron chi connectivity index (χ4n) is 2.40. The number of aromatic nitrogens is 2. The highest BCUT2D eigenvalue weighted by molar-refractivity contribution is 5.67. The average Bonchev–Trinajstić information content (AvgIpc) is 2.29. The molecular weight excluding hydrogens is 176 g/mol. The molecule has 0 amide bonds. The summed E-state index contributed by atoms with van der Waals surface area (Å²) in [5.74, 6) is 1.09. The van der Waals surface area contributed by atoms with Crippen LogP contribution in [-0.2, 0) is 0 Å². The van der Waals surface area contributed by atoms with E-state index in [1.54, 1.807) is 6.33 Å². The highest BCUT2D eigenvalue weighted by Gasteiger charge is 2.28. The van der Waals surface area contributed by atoms with E-state index in [1.807, 2.05) is 6.20 Å². The van der Waals surface area contributed by atoms with Crippen molar-refractivity contribution >= 4 is 11.5 Å². The zero-order chi connectivity index (χ0) is 9.38. The van der Waals surface area contributed by atoms with Crippen LogP contribution in [0.2, 0.25) is 0 Å². The van der Waals surface area contributed by atoms with E-state index in [1.165, 1.54) is 19.3 Å². The second-order valence-electron chi connectivity index (χ2n) is 3.98. The molecule has 0 aliphatic carbocycles. The molecule has 1 unspecified atom stereocenters. The number of hydrogen-bond acceptors (Lipinski definition) is 4. The molecule has 3 rings (SSSR count). The Bertz CT molecular complexity index is 339. The summed E-state index contributed by atoms with van der Waals surface area (Å²) >= 11 is 0. The van der Waals surface area contributed by atoms with Gasteiger partial charge in [0.05, 0.1) is 11.9 Å². The Morgan fingerprint density at radius 1 is 1.43 bits per heavy atom. The lowest BCUT2D eigenvalue weighted by atomic mass is 10.0. The van der Waals surface area contributed by atoms with Crippen LogP contribution in [0.15, 0.2) is 12.5 Å². The molecular formula is C10H14N4. The van der Waals surface area contributed by atoms with Gasteiger partial charge in [-0.05, 0) is 19.3 Å². The van der Waals surface area contributed by atoms with E-state index in [4.69, 9.17) is 0 Å². The summed E-state index contributed by atoms with van der Waals surface area (Å²) in [6.07, 6.45) is 7.43. The molecule has 0 saturated carbocycles. The predicted octanol–water partition coefficient (Wildman–Crippen LogP) is 1.26. The van der Waals surface area contributed by atoms with Crippen LogP contribution in [0.5, 0.6) is 0 Å². The van der Waals surface area contributed by atoms with Gasteiger partial charge in [0.2, 0.25) is 0 Å². The molecule has 1 aromatic rings. The summed E-state index contributed by atoms with van der Waals surface area (Å²) in [7, 11) is 0. The molecule has 1 atom stereocenters. The number of nitrogens with zero attached hydrogens (tertiary/aromatic N) is 3. The van der Waals surface area contributed by atoms with E-state index >= 15 is 0 Å². The van der Waals surface area contributed by atoms with Gasteiger partial charge in [-0.15, -0.1) is 0 Å². The van der Waals surface area contributed by atoms with Crippen molar-refractivity contribution in [3.8, 4) is 0 Å². The van der Waals surface area contributed by atoms with Crippen molar-refractivity contribution in [2.75, 3.05) is 23.3 Å². The molecule has 14 heavy (non-hydrogen) atoms. The predicted molar refractivity (Wildman–Crippen MR) is 55.5 cm³/mol. The third kappa shape index (κ3) is 1.14. The highest BCUT2D eigenvalue weighted by Crippen LogP contribution is 2.32. The van der Waals surface area contributed by atoms with Gasteiger partial charge in [0.15, 0.2) is 5.82 Å². The van der Waals surface area contributed by atoms with Gasteiger partial charge in [0.25, 0.3) is 0 Å². The Kier molecular flexibility index (Phi) is 1.79. The van der Waals surface area contributed by atoms with Gasteiger partial charge in [0.1, 0.15) is 6.33 Å². The van der Waals surface area contributed by atoms with E-state index in [0.29, 0.717) is 6.04 Å². The van der Waals surface area contributed by atoms with Crippen LogP contribution in [0.25, 0.3) is 0 Å². The van der Waals surface area contributed by atoms with Gasteiger partial charge < -0.3 is 10.2 Å². The number of hydrogen-bond donors (Lipinski definition) is 1. The quantitative estimate of drug-likeness (QED) is 0.668. The maximum Gasteiger partial charge on any atom is 0.155 e. The third-order valence-corrected chi connectivity index (χ3v) is 3.12. The molecule has 1 fully saturated rings. The molecule has 4 nitrogen and oxygen atoms in total. The first kappa shape index (κ1) is 8.03. The van der Waals surface area contributed by atoms with Crippen molar-refractivity contribution in [1.29, 1.82) is 0 Å². The number of piperidine rings is 1. The van der Waals surface area contributed by atoms with Gasteiger partial charge in [-0.3, -0.25) is 0 Å². The van der Waals surface area contributed by atoms with Crippen molar-refractivity contribution in [3.05, 3.63) is 12.5 Å². The molecule has 0 bridgehead atoms. The van der Waals surface area contributed by atoms with E-state index in [-0.39, 0.29) is 0 Å². The number of fused-ring (bicyclic) bond motifs is 3. The Hall–Kier alpha value is -1.32. The Morgan fingerprint density at radius 2 is 2.43 bits per heavy atom. The van der Waals surface area contributed by atoms with Gasteiger partial charge >= 0.3 is 0 Å². The molecule has 0 spiro atoms. The summed E-state index contributed by atoms with van der Waals surface area (Å²) in [4.78, 5) is 10.8. The monoisotopic (exact) mass is 190 g/mol. The smallest absolute Gasteiger partial charge is 0.155 e. The lowest BCUT2D eigenvalue weighted by Crippen LogP contribution is -2.47. The second kappa shape index (κ2) is 3.12. The van der Waals surface area contributed by atoms with E-state index in [2.05, 4.69) is 20.2 Å². The zero-order valence-corrected chi connectivity index (χ0v) is 8.11. The Morgan fingerprint density at radius 3 is 3.43 bits per heavy atom. The fraction of sp³-hybridized carbons (Fsp3) is 0.600. The minimum Gasteiger partial charge on any atom is -0.379 e. The average molecular weight is 190 g/mol. The van der Waals surface area contributed by atoms with Crippen LogP contribution in [0, 0.1) is 0 Å². The van der Waals surface area contributed by atoms with Gasteiger partial charge in [-0.2, -0.15) is 0 Å². The molecule has 1 aromatic heterocycles. The van der Waals surface area contributed by atoms with Crippen molar-refractivity contribution in [1.82, 2.24) is 9.97 Å². The Labute approximate surface area is 83.4 Å². The number of rotatable bonds is 0. The lowest BCUT2D eigenvalue weighted by Gasteiger charge is -2.41. The van der Waals surface area contributed by atoms with Crippen LogP contribution in [0.1, 0.15) is 19.3 Å². The van der Waals surface area contributed by atoms with Crippen LogP contribution >= 0.6 is 0 Å². The summed E-state index contributed by atoms with van der Waals surface area (Å²) in [6, 6.07) is 0.645. The summed E-state index contributed by atoms with van der Waals surface area (Å²) in [5.41, 5.74) is 1.09. The van der Waals surface area contributed by atoms with Crippen LogP contribution < -0.4 is 10.2 Å². The van der Waals surface area contributed by atoms with E-state index in [0.717, 1.165) is 24.6 Å². The molecule has 4 heteroatoms. The normalized spacial score (nSPS) is 24.9. The van der Waals surface area contributed by atoms with Crippen LogP contribution in [-0.4, -0.2) is 29.1 Å². The number of nitrogens with one attached hydrogen (secondary N) is 1. The van der Waals surface area contributed by atoms with E-state index in [9.17, 15) is 0 Å². The van der Waals surface area contributed by atoms with Crippen LogP contribution in [0.3, 0.4) is 0 Å². The first-order chi connectivity index (χ1) is 6.95. The van der Waals surface area contributed by atoms with Crippen molar-refractivity contribution < 1.29 is 0 Å². The largest absolute Gasteiger partial charge is 0.379 e. The SMILES string of the molecule is c1ncc2c(n1)N1CCCCC1CN2. The second-order valence-corrected chi connectivity index (χ2v) is 3.98. The molecule has 3 heterocycles. The zero-order valence-electron chi connectivity index (χ0n) is 8.11. The fourth-order valence-corrected chi connectivity index (χ4v) is 2.40. The molecule has 1 saturated heterocycles. The molecule has 0 radical (unpaired) electrons. The molecule has 2 aliphatic rings. The van der Waals surface area contributed by atoms with Crippen molar-refractivity contribution in [2.24, 2.45) is 0 Å². The summed E-state index contributed by atoms with van der Waals surface area (Å²) in [5, 5.41) is 3.40. The standard InChI is InChI=1S/C10H14N4/c1-2-4-14-8(3-1)5-12-9-6-11-7-13-10(9)14/h6-8,12H,1-5H2. The molecule has 74 valence electrons. The van der Waals surface area contributed by atoms with Gasteiger partial charge in [0, 0.05) is 19.1 Å². The first-order valence-electron chi connectivity index (χ1n) is 5.25. The lowest BCUT2D eigenvalue weighted by molar-refractivity contribution is 0.462. The minimum atomic E-state index is 0.645. The topological polar surface area (TPSA) is 41.1 Å². The maximum absolute atomic E-state index is 4.36. The summed E-state index contributed by atoms with van der Waals surface area (Å²) in [6.45, 7) is 2.19. The van der Waals surface area contributed by atoms with Crippen molar-refractivity contribution in [3.63, 3.8) is 0 Å². The number of anilines is 2. The minimum absolute atomic E-state index is 0.645. The Balaban J connectivity index is 1.99. The molecule has 0 aromatic carbocycles. The van der Waals surface area contributed by atoms with Gasteiger partial charge in [-0.25, -0.2) is 9.97 Å². The maximum atomic E-state index is 4.36. The van der Waals surface area contributed by atoms with Crippen LogP contribution in [0.4, 0.5) is 11.5 Å². The van der Waals surface area contributed by atoms with Crippen molar-refractivity contribution in [2.45, 2.75) is 25.3 Å².